The van der Waals surface area contributed by atoms with E-state index in [1.807, 2.05) is 41.5 Å². The molecule has 0 aromatic carbocycles. The van der Waals surface area contributed by atoms with Crippen LogP contribution in [-0.4, -0.2) is 94.3 Å². The van der Waals surface area contributed by atoms with Gasteiger partial charge in [-0.1, -0.05) is 27.2 Å². The van der Waals surface area contributed by atoms with Gasteiger partial charge in [-0.15, -0.1) is 0 Å². The van der Waals surface area contributed by atoms with Crippen molar-refractivity contribution in [1.29, 1.82) is 0 Å². The van der Waals surface area contributed by atoms with Crippen molar-refractivity contribution in [2.24, 2.45) is 28.9 Å². The molecule has 0 aromatic rings. The molecule has 3 fully saturated rings. The number of carbonyl (C=O) groups excluding carboxylic acids is 6. The van der Waals surface area contributed by atoms with Gasteiger partial charge in [0.1, 0.15) is 11.6 Å². The van der Waals surface area contributed by atoms with Crippen molar-refractivity contribution in [2.75, 3.05) is 19.6 Å². The molecule has 44 heavy (non-hydrogen) atoms. The normalized spacial score (nSPS) is 26.1. The van der Waals surface area contributed by atoms with E-state index < -0.39 is 64.9 Å². The Bertz CT molecular complexity index is 1160. The summed E-state index contributed by atoms with van der Waals surface area (Å²) in [4.78, 5) is 81.6. The quantitative estimate of drug-likeness (QED) is 0.264. The zero-order valence-electron chi connectivity index (χ0n) is 27.7. The van der Waals surface area contributed by atoms with Gasteiger partial charge < -0.3 is 26.0 Å². The van der Waals surface area contributed by atoms with Crippen LogP contribution in [0.4, 0.5) is 4.79 Å². The van der Waals surface area contributed by atoms with Crippen LogP contribution in [0.1, 0.15) is 88.0 Å². The number of alkyl carbamates (subject to hydrolysis) is 1. The molecule has 1 aliphatic carbocycles. The van der Waals surface area contributed by atoms with Crippen LogP contribution in [0.15, 0.2) is 0 Å². The lowest BCUT2D eigenvalue weighted by atomic mass is 9.95. The molecule has 0 bridgehead atoms. The van der Waals surface area contributed by atoms with E-state index >= 15 is 0 Å². The summed E-state index contributed by atoms with van der Waals surface area (Å²) >= 11 is 0. The lowest BCUT2D eigenvalue weighted by molar-refractivity contribution is -0.147. The van der Waals surface area contributed by atoms with Crippen LogP contribution in [0, 0.1) is 23.2 Å². The fourth-order valence-corrected chi connectivity index (χ4v) is 6.61. The Morgan fingerprint density at radius 2 is 1.61 bits per heavy atom. The van der Waals surface area contributed by atoms with Gasteiger partial charge in [0.2, 0.25) is 17.6 Å². The number of rotatable bonds is 10. The first-order valence-electron chi connectivity index (χ1n) is 15.7. The van der Waals surface area contributed by atoms with E-state index in [1.165, 1.54) is 4.90 Å². The van der Waals surface area contributed by atoms with Gasteiger partial charge >= 0.3 is 6.09 Å². The van der Waals surface area contributed by atoms with Crippen molar-refractivity contribution in [3.05, 3.63) is 0 Å². The van der Waals surface area contributed by atoms with Crippen molar-refractivity contribution in [2.45, 2.75) is 117 Å². The minimum atomic E-state index is -1.19. The molecule has 5 amide bonds. The molecule has 13 heteroatoms. The number of nitrogens with one attached hydrogen (secondary N) is 3. The number of hydrogen-bond acceptors (Lipinski definition) is 8. The summed E-state index contributed by atoms with van der Waals surface area (Å²) in [5, 5.41) is 8.43. The number of primary amides is 1. The van der Waals surface area contributed by atoms with E-state index in [0.717, 1.165) is 0 Å². The Balaban J connectivity index is 1.91. The number of fused-ring (bicyclic) bond motifs is 1. The number of nitrogens with two attached hydrogens (primary N) is 1. The molecule has 2 heterocycles. The second-order valence-corrected chi connectivity index (χ2v) is 15.1. The number of hydrogen-bond donors (Lipinski definition) is 4. The summed E-state index contributed by atoms with van der Waals surface area (Å²) in [5.41, 5.74) is 3.77. The van der Waals surface area contributed by atoms with E-state index in [4.69, 9.17) is 10.5 Å². The van der Waals surface area contributed by atoms with Crippen molar-refractivity contribution in [3.63, 3.8) is 0 Å². The summed E-state index contributed by atoms with van der Waals surface area (Å²) in [6.45, 7) is 17.7. The van der Waals surface area contributed by atoms with Gasteiger partial charge in [0, 0.05) is 25.2 Å². The van der Waals surface area contributed by atoms with E-state index in [0.29, 0.717) is 25.8 Å². The van der Waals surface area contributed by atoms with Gasteiger partial charge in [-0.05, 0) is 78.1 Å². The Hall–Kier alpha value is -3.22. The maximum atomic E-state index is 14.4. The molecule has 1 saturated carbocycles. The number of nitrogens with zero attached hydrogens (tertiary/aromatic N) is 2. The molecule has 248 valence electrons. The number of likely N-dealkylation sites (tertiary alicyclic amines) is 2. The zero-order chi connectivity index (χ0) is 33.4. The summed E-state index contributed by atoms with van der Waals surface area (Å²) in [7, 11) is 0. The van der Waals surface area contributed by atoms with Crippen LogP contribution in [-0.2, 0) is 28.7 Å². The minimum absolute atomic E-state index is 0.0347. The predicted molar refractivity (Wildman–Crippen MR) is 163 cm³/mol. The average molecular weight is 621 g/mol. The monoisotopic (exact) mass is 620 g/mol. The molecule has 6 unspecified atom stereocenters. The number of piperidine rings is 2. The number of amides is 5. The Kier molecular flexibility index (Phi) is 10.4. The van der Waals surface area contributed by atoms with Gasteiger partial charge in [-0.25, -0.2) is 4.79 Å². The van der Waals surface area contributed by atoms with Crippen LogP contribution >= 0.6 is 0 Å². The first-order valence-corrected chi connectivity index (χ1v) is 15.7. The smallest absolute Gasteiger partial charge is 0.409 e. The summed E-state index contributed by atoms with van der Waals surface area (Å²) < 4.78 is 5.49. The van der Waals surface area contributed by atoms with Crippen LogP contribution in [0.3, 0.4) is 0 Å². The highest BCUT2D eigenvalue weighted by Gasteiger charge is 2.69. The number of ether oxygens (including phenoxy) is 1. The first kappa shape index (κ1) is 35.3. The van der Waals surface area contributed by atoms with Crippen molar-refractivity contribution < 1.29 is 33.5 Å². The number of Topliss-reactive ketones (excluding diaryl/α,β-unsaturated/α-hetero) is 1. The lowest BCUT2D eigenvalue weighted by Gasteiger charge is -2.41. The Morgan fingerprint density at radius 1 is 0.977 bits per heavy atom. The van der Waals surface area contributed by atoms with Crippen LogP contribution in [0.25, 0.3) is 0 Å². The maximum absolute atomic E-state index is 14.4. The van der Waals surface area contributed by atoms with Gasteiger partial charge in [-0.2, -0.15) is 0 Å². The molecule has 3 aliphatic rings. The predicted octanol–water partition coefficient (Wildman–Crippen LogP) is 1.29. The molecule has 0 aromatic heterocycles. The highest BCUT2D eigenvalue weighted by atomic mass is 16.6. The van der Waals surface area contributed by atoms with Crippen LogP contribution < -0.4 is 21.7 Å². The molecule has 3 rings (SSSR count). The SMILES string of the molecule is CCCC(NC(=O)C1C2C(CN1C(=O)C(NC(=O)OC(C)(C)C)N1CCCC(C(=O)NC(C)(C)C)C1)C2(C)C)C(=O)C(N)=O. The lowest BCUT2D eigenvalue weighted by Crippen LogP contribution is -2.64. The molecule has 0 spiro atoms. The van der Waals surface area contributed by atoms with E-state index in [1.54, 1.807) is 25.7 Å². The third kappa shape index (κ3) is 8.28. The molecule has 2 saturated heterocycles. The van der Waals surface area contributed by atoms with Gasteiger partial charge in [0.15, 0.2) is 6.17 Å². The number of carbonyl (C=O) groups is 6. The zero-order valence-corrected chi connectivity index (χ0v) is 27.7. The Labute approximate surface area is 260 Å². The molecule has 13 nitrogen and oxygen atoms in total. The first-order chi connectivity index (χ1) is 20.2. The van der Waals surface area contributed by atoms with Gasteiger partial charge in [0.05, 0.1) is 12.0 Å². The summed E-state index contributed by atoms with van der Waals surface area (Å²) in [5.74, 6) is -3.74. The summed E-state index contributed by atoms with van der Waals surface area (Å²) in [6.07, 6.45) is 0.0159. The fraction of sp³-hybridized carbons (Fsp3) is 0.806. The molecular formula is C31H52N6O7. The van der Waals surface area contributed by atoms with Crippen LogP contribution in [0.2, 0.25) is 0 Å². The summed E-state index contributed by atoms with van der Waals surface area (Å²) in [6, 6.07) is -2.02. The third-order valence-corrected chi connectivity index (χ3v) is 8.79. The van der Waals surface area contributed by atoms with E-state index in [9.17, 15) is 28.8 Å². The van der Waals surface area contributed by atoms with E-state index in [2.05, 4.69) is 16.0 Å². The van der Waals surface area contributed by atoms with Gasteiger partial charge in [0.25, 0.3) is 11.8 Å². The second-order valence-electron chi connectivity index (χ2n) is 15.1. The number of ketones is 1. The van der Waals surface area contributed by atoms with Crippen molar-refractivity contribution in [1.82, 2.24) is 25.8 Å². The molecular weight excluding hydrogens is 568 g/mol. The van der Waals surface area contributed by atoms with Crippen molar-refractivity contribution in [3.8, 4) is 0 Å². The minimum Gasteiger partial charge on any atom is -0.444 e. The third-order valence-electron chi connectivity index (χ3n) is 8.79. The Morgan fingerprint density at radius 3 is 2.16 bits per heavy atom. The molecule has 6 atom stereocenters. The second kappa shape index (κ2) is 13.0. The average Bonchev–Trinajstić information content (AvgIpc) is 3.20. The standard InChI is InChI=1S/C31H52N6O7/c1-10-12-19(22(38)23(32)39)33-26(41)21-20-18(31(20,8)9)16-37(21)27(42)24(34-28(43)44-30(5,6)7)36-14-11-13-17(15-36)25(40)35-29(2,3)4/h17-21,24H,10-16H2,1-9H3,(H2,32,39)(H,33,41)(H,34,43)(H,35,40). The maximum Gasteiger partial charge on any atom is 0.409 e. The highest BCUT2D eigenvalue weighted by molar-refractivity contribution is 6.37. The van der Waals surface area contributed by atoms with Gasteiger partial charge in [-0.3, -0.25) is 34.2 Å². The molecule has 0 radical (unpaired) electrons. The topological polar surface area (TPSA) is 180 Å². The largest absolute Gasteiger partial charge is 0.444 e. The van der Waals surface area contributed by atoms with E-state index in [-0.39, 0.29) is 42.7 Å². The molecule has 5 N–H and O–H groups in total. The molecule has 2 aliphatic heterocycles. The fourth-order valence-electron chi connectivity index (χ4n) is 6.61. The highest BCUT2D eigenvalue weighted by Crippen LogP contribution is 2.65. The van der Waals surface area contributed by atoms with Crippen molar-refractivity contribution >= 4 is 35.5 Å². The van der Waals surface area contributed by atoms with Crippen LogP contribution in [0.5, 0.6) is 0 Å².